The van der Waals surface area contributed by atoms with Crippen LogP contribution in [0.1, 0.15) is 38.2 Å². The van der Waals surface area contributed by atoms with Gasteiger partial charge in [-0.05, 0) is 33.8 Å². The molecule has 1 rings (SSSR count). The number of hydrogen-bond acceptors (Lipinski definition) is 4. The molecule has 0 aromatic carbocycles. The van der Waals surface area contributed by atoms with E-state index in [2.05, 4.69) is 5.10 Å². The molecule has 1 aromatic rings. The Morgan fingerprint density at radius 3 is 2.76 bits per heavy atom. The number of rotatable bonds is 4. The lowest BCUT2D eigenvalue weighted by molar-refractivity contribution is -0.137. The molecule has 0 radical (unpaired) electrons. The first-order chi connectivity index (χ1) is 7.97. The van der Waals surface area contributed by atoms with Gasteiger partial charge in [-0.3, -0.25) is 4.68 Å². The van der Waals surface area contributed by atoms with Crippen LogP contribution in [0, 0.1) is 6.92 Å². The lowest BCUT2D eigenvalue weighted by atomic mass is 10.2. The predicted octanol–water partition coefficient (Wildman–Crippen LogP) is 1.93. The van der Waals surface area contributed by atoms with Gasteiger partial charge in [-0.15, -0.1) is 0 Å². The minimum Gasteiger partial charge on any atom is -0.463 e. The summed E-state index contributed by atoms with van der Waals surface area (Å²) in [6.07, 6.45) is 3.02. The third-order valence-electron chi connectivity index (χ3n) is 2.32. The summed E-state index contributed by atoms with van der Waals surface area (Å²) in [6.45, 7) is 7.99. The van der Waals surface area contributed by atoms with Crippen molar-refractivity contribution in [2.75, 3.05) is 12.3 Å². The molecule has 0 saturated carbocycles. The van der Waals surface area contributed by atoms with Gasteiger partial charge in [-0.1, -0.05) is 0 Å². The van der Waals surface area contributed by atoms with Crippen molar-refractivity contribution in [1.29, 1.82) is 0 Å². The number of carbonyl (C=O) groups is 1. The standard InChI is InChI=1S/C12H19N3O2/c1-5-17-11(16)7-6-10-12(13)9(4)14-15(10)8(2)3/h6-8H,5,13H2,1-4H3. The first-order valence-corrected chi connectivity index (χ1v) is 5.66. The quantitative estimate of drug-likeness (QED) is 0.641. The highest BCUT2D eigenvalue weighted by Gasteiger charge is 2.12. The van der Waals surface area contributed by atoms with Gasteiger partial charge >= 0.3 is 5.97 Å². The van der Waals surface area contributed by atoms with Gasteiger partial charge < -0.3 is 10.5 Å². The zero-order valence-corrected chi connectivity index (χ0v) is 10.7. The summed E-state index contributed by atoms with van der Waals surface area (Å²) in [6, 6.07) is 0.188. The molecular formula is C12H19N3O2. The van der Waals surface area contributed by atoms with Crippen LogP contribution >= 0.6 is 0 Å². The molecule has 0 spiro atoms. The van der Waals surface area contributed by atoms with Gasteiger partial charge in [0.2, 0.25) is 0 Å². The third kappa shape index (κ3) is 3.09. The van der Waals surface area contributed by atoms with Crippen LogP contribution < -0.4 is 5.73 Å². The second-order valence-corrected chi connectivity index (χ2v) is 4.01. The van der Waals surface area contributed by atoms with Crippen molar-refractivity contribution < 1.29 is 9.53 Å². The molecule has 0 aliphatic carbocycles. The highest BCUT2D eigenvalue weighted by Crippen LogP contribution is 2.21. The van der Waals surface area contributed by atoms with Gasteiger partial charge in [0.05, 0.1) is 23.7 Å². The maximum absolute atomic E-state index is 11.2. The number of hydrogen-bond donors (Lipinski definition) is 1. The van der Waals surface area contributed by atoms with Crippen LogP contribution in [-0.4, -0.2) is 22.4 Å². The van der Waals surface area contributed by atoms with E-state index in [1.165, 1.54) is 6.08 Å². The number of nitrogens with zero attached hydrogens (tertiary/aromatic N) is 2. The molecule has 5 heteroatoms. The van der Waals surface area contributed by atoms with Crippen molar-refractivity contribution in [2.24, 2.45) is 0 Å². The lowest BCUT2D eigenvalue weighted by Crippen LogP contribution is -2.06. The number of ether oxygens (including phenoxy) is 1. The monoisotopic (exact) mass is 237 g/mol. The van der Waals surface area contributed by atoms with E-state index in [4.69, 9.17) is 10.5 Å². The van der Waals surface area contributed by atoms with Crippen molar-refractivity contribution in [3.8, 4) is 0 Å². The Kier molecular flexibility index (Phi) is 4.31. The number of aryl methyl sites for hydroxylation is 1. The fraction of sp³-hybridized carbons (Fsp3) is 0.500. The maximum atomic E-state index is 11.2. The number of nitrogen functional groups attached to an aromatic ring is 1. The van der Waals surface area contributed by atoms with E-state index in [0.717, 1.165) is 11.4 Å². The zero-order valence-electron chi connectivity index (χ0n) is 10.7. The maximum Gasteiger partial charge on any atom is 0.330 e. The highest BCUT2D eigenvalue weighted by atomic mass is 16.5. The summed E-state index contributed by atoms with van der Waals surface area (Å²) in [5.41, 5.74) is 8.02. The van der Waals surface area contributed by atoms with E-state index in [1.807, 2.05) is 20.8 Å². The van der Waals surface area contributed by atoms with Crippen molar-refractivity contribution in [1.82, 2.24) is 9.78 Å². The predicted molar refractivity (Wildman–Crippen MR) is 67.4 cm³/mol. The van der Waals surface area contributed by atoms with Gasteiger partial charge in [0.1, 0.15) is 0 Å². The molecule has 94 valence electrons. The van der Waals surface area contributed by atoms with Crippen LogP contribution in [0.2, 0.25) is 0 Å². The van der Waals surface area contributed by atoms with Gasteiger partial charge in [0, 0.05) is 12.1 Å². The Morgan fingerprint density at radius 2 is 2.24 bits per heavy atom. The lowest BCUT2D eigenvalue weighted by Gasteiger charge is -2.08. The molecule has 0 amide bonds. The molecule has 2 N–H and O–H groups in total. The van der Waals surface area contributed by atoms with Gasteiger partial charge in [-0.25, -0.2) is 4.79 Å². The summed E-state index contributed by atoms with van der Waals surface area (Å²) in [7, 11) is 0. The SMILES string of the molecule is CCOC(=O)C=Cc1c(N)c(C)nn1C(C)C. The Morgan fingerprint density at radius 1 is 1.59 bits per heavy atom. The number of carbonyl (C=O) groups excluding carboxylic acids is 1. The van der Waals surface area contributed by atoms with Gasteiger partial charge in [0.25, 0.3) is 0 Å². The van der Waals surface area contributed by atoms with Crippen LogP contribution in [0.3, 0.4) is 0 Å². The van der Waals surface area contributed by atoms with Crippen LogP contribution in [0.15, 0.2) is 6.08 Å². The molecule has 0 fully saturated rings. The van der Waals surface area contributed by atoms with Gasteiger partial charge in [-0.2, -0.15) is 5.10 Å². The fourth-order valence-electron chi connectivity index (χ4n) is 1.48. The van der Waals surface area contributed by atoms with Crippen molar-refractivity contribution in [2.45, 2.75) is 33.7 Å². The molecular weight excluding hydrogens is 218 g/mol. The molecule has 0 unspecified atom stereocenters. The van der Waals surface area contributed by atoms with E-state index in [1.54, 1.807) is 17.7 Å². The topological polar surface area (TPSA) is 70.1 Å². The summed E-state index contributed by atoms with van der Waals surface area (Å²) in [4.78, 5) is 11.2. The number of anilines is 1. The van der Waals surface area contributed by atoms with Crippen molar-refractivity contribution in [3.05, 3.63) is 17.5 Å². The molecule has 0 aliphatic rings. The molecule has 0 bridgehead atoms. The average Bonchev–Trinajstić information content (AvgIpc) is 2.54. The Bertz CT molecular complexity index is 433. The second-order valence-electron chi connectivity index (χ2n) is 4.01. The van der Waals surface area contributed by atoms with Crippen LogP contribution in [0.25, 0.3) is 6.08 Å². The number of esters is 1. The highest BCUT2D eigenvalue weighted by molar-refractivity contribution is 5.87. The largest absolute Gasteiger partial charge is 0.463 e. The molecule has 0 aliphatic heterocycles. The molecule has 17 heavy (non-hydrogen) atoms. The van der Waals surface area contributed by atoms with Crippen LogP contribution in [-0.2, 0) is 9.53 Å². The van der Waals surface area contributed by atoms with Crippen molar-refractivity contribution >= 4 is 17.7 Å². The van der Waals surface area contributed by atoms with E-state index in [0.29, 0.717) is 12.3 Å². The van der Waals surface area contributed by atoms with E-state index < -0.39 is 0 Å². The summed E-state index contributed by atoms with van der Waals surface area (Å²) >= 11 is 0. The van der Waals surface area contributed by atoms with Crippen LogP contribution in [0.5, 0.6) is 0 Å². The Hall–Kier alpha value is -1.78. The molecule has 0 saturated heterocycles. The minimum absolute atomic E-state index is 0.188. The smallest absolute Gasteiger partial charge is 0.330 e. The van der Waals surface area contributed by atoms with E-state index >= 15 is 0 Å². The Labute approximate surface area is 101 Å². The molecule has 5 nitrogen and oxygen atoms in total. The molecule has 0 atom stereocenters. The molecule has 1 aromatic heterocycles. The van der Waals surface area contributed by atoms with Gasteiger partial charge in [0.15, 0.2) is 0 Å². The first-order valence-electron chi connectivity index (χ1n) is 5.66. The minimum atomic E-state index is -0.374. The summed E-state index contributed by atoms with van der Waals surface area (Å²) < 4.78 is 6.61. The van der Waals surface area contributed by atoms with E-state index in [9.17, 15) is 4.79 Å². The summed E-state index contributed by atoms with van der Waals surface area (Å²) in [5.74, 6) is -0.374. The summed E-state index contributed by atoms with van der Waals surface area (Å²) in [5, 5.41) is 4.32. The number of nitrogens with two attached hydrogens (primary N) is 1. The molecule has 1 heterocycles. The number of aromatic nitrogens is 2. The fourth-order valence-corrected chi connectivity index (χ4v) is 1.48. The Balaban J connectivity index is 3.00. The third-order valence-corrected chi connectivity index (χ3v) is 2.32. The normalized spacial score (nSPS) is 11.4. The average molecular weight is 237 g/mol. The van der Waals surface area contributed by atoms with Crippen molar-refractivity contribution in [3.63, 3.8) is 0 Å². The zero-order chi connectivity index (χ0) is 13.0. The second kappa shape index (κ2) is 5.52. The first kappa shape index (κ1) is 13.3. The van der Waals surface area contributed by atoms with Crippen LogP contribution in [0.4, 0.5) is 5.69 Å². The van der Waals surface area contributed by atoms with E-state index in [-0.39, 0.29) is 12.0 Å².